The van der Waals surface area contributed by atoms with Crippen LogP contribution < -0.4 is 10.6 Å². The summed E-state index contributed by atoms with van der Waals surface area (Å²) in [6.45, 7) is 0. The Hall–Kier alpha value is 0.370. The van der Waals surface area contributed by atoms with Gasteiger partial charge >= 0.3 is 0 Å². The lowest BCUT2D eigenvalue weighted by molar-refractivity contribution is 0.501. The zero-order valence-corrected chi connectivity index (χ0v) is 15.3. The summed E-state index contributed by atoms with van der Waals surface area (Å²) in [5.41, 5.74) is 0. The lowest BCUT2D eigenvalue weighted by Crippen LogP contribution is -2.18. The molecule has 9 heteroatoms. The molecular weight excluding hydrogens is 420 g/mol. The number of hydrogen-bond donors (Lipinski definition) is 1. The maximum Gasteiger partial charge on any atom is 0.261 e. The largest absolute Gasteiger partial charge is 0.338 e. The maximum atomic E-state index is 12.8. The lowest BCUT2D eigenvalue weighted by atomic mass is 10.3. The molecule has 2 aromatic rings. The Morgan fingerprint density at radius 3 is 1.33 bits per heavy atom. The molecule has 0 amide bonds. The summed E-state index contributed by atoms with van der Waals surface area (Å²) < 4.78 is 12.8. The van der Waals surface area contributed by atoms with Crippen molar-refractivity contribution in [2.45, 2.75) is 0 Å². The average Bonchev–Trinajstić information content (AvgIpc) is 2.41. The predicted molar refractivity (Wildman–Crippen MR) is 92.0 cm³/mol. The summed E-state index contributed by atoms with van der Waals surface area (Å²) >= 11 is 35.4. The Morgan fingerprint density at radius 1 is 0.667 bits per heavy atom. The number of rotatable bonds is 2. The molecule has 0 radical (unpaired) electrons. The van der Waals surface area contributed by atoms with E-state index in [0.717, 1.165) is 0 Å². The fourth-order valence-corrected chi connectivity index (χ4v) is 5.09. The average molecular weight is 425 g/mol. The molecule has 2 aromatic carbocycles. The van der Waals surface area contributed by atoms with Gasteiger partial charge < -0.3 is 4.89 Å². The molecule has 0 saturated carbocycles. The van der Waals surface area contributed by atoms with Crippen molar-refractivity contribution in [1.82, 2.24) is 0 Å². The second-order valence-corrected chi connectivity index (χ2v) is 8.41. The van der Waals surface area contributed by atoms with Crippen LogP contribution in [-0.2, 0) is 4.57 Å². The van der Waals surface area contributed by atoms with E-state index in [-0.39, 0.29) is 40.7 Å². The van der Waals surface area contributed by atoms with E-state index in [9.17, 15) is 9.46 Å². The van der Waals surface area contributed by atoms with Crippen molar-refractivity contribution >= 4 is 87.6 Å². The predicted octanol–water partition coefficient (Wildman–Crippen LogP) is 5.83. The molecule has 112 valence electrons. The number of hydrogen-bond acceptors (Lipinski definition) is 1. The van der Waals surface area contributed by atoms with E-state index in [2.05, 4.69) is 0 Å². The van der Waals surface area contributed by atoms with E-state index in [0.29, 0.717) is 0 Å². The van der Waals surface area contributed by atoms with Crippen LogP contribution in [0.5, 0.6) is 0 Å². The molecule has 0 aliphatic heterocycles. The van der Waals surface area contributed by atoms with Gasteiger partial charge in [0.1, 0.15) is 0 Å². The smallest absolute Gasteiger partial charge is 0.261 e. The summed E-state index contributed by atoms with van der Waals surface area (Å²) in [6, 6.07) is 5.38. The highest BCUT2D eigenvalue weighted by Crippen LogP contribution is 2.47. The van der Waals surface area contributed by atoms with Crippen LogP contribution in [0.3, 0.4) is 0 Å². The summed E-state index contributed by atoms with van der Waals surface area (Å²) in [6.07, 6.45) is 0. The van der Waals surface area contributed by atoms with Gasteiger partial charge in [0, 0.05) is 0 Å². The van der Waals surface area contributed by atoms with Crippen LogP contribution in [0.15, 0.2) is 24.3 Å². The molecule has 0 saturated heterocycles. The van der Waals surface area contributed by atoms with Crippen LogP contribution in [0, 0.1) is 0 Å². The van der Waals surface area contributed by atoms with Gasteiger partial charge in [-0.25, -0.2) is 0 Å². The first-order valence-corrected chi connectivity index (χ1v) is 9.21. The highest BCUT2D eigenvalue weighted by molar-refractivity contribution is 7.74. The Kier molecular flexibility index (Phi) is 5.46. The molecule has 0 spiro atoms. The van der Waals surface area contributed by atoms with Gasteiger partial charge in [0.05, 0.1) is 40.7 Å². The molecule has 0 fully saturated rings. The van der Waals surface area contributed by atoms with Crippen molar-refractivity contribution in [3.8, 4) is 0 Å². The van der Waals surface area contributed by atoms with E-state index < -0.39 is 7.37 Å². The zero-order valence-electron chi connectivity index (χ0n) is 9.88. The minimum Gasteiger partial charge on any atom is -0.338 e. The summed E-state index contributed by atoms with van der Waals surface area (Å²) in [4.78, 5) is 10.4. The van der Waals surface area contributed by atoms with Gasteiger partial charge in [0.25, 0.3) is 7.37 Å². The number of benzene rings is 2. The molecule has 0 aromatic heterocycles. The first kappa shape index (κ1) is 17.7. The van der Waals surface area contributed by atoms with Crippen LogP contribution in [0.25, 0.3) is 0 Å². The molecule has 2 nitrogen and oxygen atoms in total. The fourth-order valence-electron chi connectivity index (χ4n) is 1.63. The molecule has 0 bridgehead atoms. The third-order valence-electron chi connectivity index (χ3n) is 2.68. The zero-order chi connectivity index (χ0) is 15.9. The quantitative estimate of drug-likeness (QED) is 0.486. The molecule has 1 N–H and O–H groups in total. The molecule has 0 heterocycles. The summed E-state index contributed by atoms with van der Waals surface area (Å²) in [5.74, 6) is 0. The Morgan fingerprint density at radius 2 is 1.00 bits per heavy atom. The van der Waals surface area contributed by atoms with E-state index >= 15 is 0 Å². The van der Waals surface area contributed by atoms with E-state index in [1.165, 1.54) is 24.3 Å². The molecule has 2 rings (SSSR count). The standard InChI is InChI=1S/C12H5Cl6O2P/c13-5-1-3-7(11(17)9(5)15)21(19,20)8-4-2-6(14)10(16)12(8)18/h1-4H,(H,19,20). The van der Waals surface area contributed by atoms with Crippen LogP contribution in [0.4, 0.5) is 0 Å². The highest BCUT2D eigenvalue weighted by atomic mass is 35.5. The second-order valence-electron chi connectivity index (χ2n) is 3.96. The molecule has 21 heavy (non-hydrogen) atoms. The van der Waals surface area contributed by atoms with E-state index in [4.69, 9.17) is 69.6 Å². The summed E-state index contributed by atoms with van der Waals surface area (Å²) in [5, 5.41) is -0.0779. The molecule has 0 aliphatic rings. The molecular formula is C12H5Cl6O2P. The van der Waals surface area contributed by atoms with Crippen molar-refractivity contribution in [3.63, 3.8) is 0 Å². The van der Waals surface area contributed by atoms with Gasteiger partial charge in [0.2, 0.25) is 0 Å². The van der Waals surface area contributed by atoms with Crippen molar-refractivity contribution in [2.24, 2.45) is 0 Å². The maximum absolute atomic E-state index is 12.8. The fraction of sp³-hybridized carbons (Fsp3) is 0. The van der Waals surface area contributed by atoms with Gasteiger partial charge in [0.15, 0.2) is 0 Å². The topological polar surface area (TPSA) is 37.3 Å². The second kappa shape index (κ2) is 6.47. The Labute approximate surface area is 150 Å². The van der Waals surface area contributed by atoms with Crippen molar-refractivity contribution < 1.29 is 9.46 Å². The van der Waals surface area contributed by atoms with Crippen LogP contribution in [0.1, 0.15) is 0 Å². The van der Waals surface area contributed by atoms with Gasteiger partial charge in [-0.15, -0.1) is 0 Å². The van der Waals surface area contributed by atoms with Crippen LogP contribution in [-0.4, -0.2) is 4.89 Å². The molecule has 0 aliphatic carbocycles. The van der Waals surface area contributed by atoms with Gasteiger partial charge in [-0.2, -0.15) is 0 Å². The Balaban J connectivity index is 2.72. The van der Waals surface area contributed by atoms with Gasteiger partial charge in [-0.05, 0) is 24.3 Å². The van der Waals surface area contributed by atoms with E-state index in [1.807, 2.05) is 0 Å². The minimum absolute atomic E-state index is 0.0127. The van der Waals surface area contributed by atoms with E-state index in [1.54, 1.807) is 0 Å². The molecule has 0 unspecified atom stereocenters. The van der Waals surface area contributed by atoms with Gasteiger partial charge in [-0.1, -0.05) is 69.6 Å². The van der Waals surface area contributed by atoms with Gasteiger partial charge in [-0.3, -0.25) is 4.57 Å². The SMILES string of the molecule is O=P(O)(c1ccc(Cl)c(Cl)c1Cl)c1ccc(Cl)c(Cl)c1Cl. The first-order chi connectivity index (χ1) is 9.67. The summed E-state index contributed by atoms with van der Waals surface area (Å²) in [7, 11) is -4.12. The van der Waals surface area contributed by atoms with Crippen LogP contribution in [0.2, 0.25) is 30.1 Å². The van der Waals surface area contributed by atoms with Crippen molar-refractivity contribution in [2.75, 3.05) is 0 Å². The monoisotopic (exact) mass is 422 g/mol. The highest BCUT2D eigenvalue weighted by Gasteiger charge is 2.32. The normalized spacial score (nSPS) is 11.8. The Bertz CT molecular complexity index is 715. The number of halogens is 6. The van der Waals surface area contributed by atoms with Crippen molar-refractivity contribution in [3.05, 3.63) is 54.4 Å². The third-order valence-corrected chi connectivity index (χ3v) is 7.58. The molecule has 0 atom stereocenters. The lowest BCUT2D eigenvalue weighted by Gasteiger charge is -2.17. The van der Waals surface area contributed by atoms with Crippen LogP contribution >= 0.6 is 77.0 Å². The minimum atomic E-state index is -4.12. The van der Waals surface area contributed by atoms with Crippen molar-refractivity contribution in [1.29, 1.82) is 0 Å². The third kappa shape index (κ3) is 3.20. The first-order valence-electron chi connectivity index (χ1n) is 5.29.